The zero-order valence-corrected chi connectivity index (χ0v) is 10.2. The number of carbonyl (C=O) groups excluding carboxylic acids is 1. The van der Waals surface area contributed by atoms with E-state index in [1.807, 2.05) is 5.32 Å². The van der Waals surface area contributed by atoms with Crippen LogP contribution in [0.4, 0.5) is 14.5 Å². The Balaban J connectivity index is 2.74. The van der Waals surface area contributed by atoms with E-state index in [2.05, 4.69) is 0 Å². The maximum absolute atomic E-state index is 12.8. The number of hydrogen-bond acceptors (Lipinski definition) is 5. The fraction of sp³-hybridized carbons (Fsp3) is 0.444. The van der Waals surface area contributed by atoms with Gasteiger partial charge in [-0.2, -0.15) is 0 Å². The number of nitrogens with one attached hydrogen (secondary N) is 1. The first-order chi connectivity index (χ1) is 8.26. The van der Waals surface area contributed by atoms with Gasteiger partial charge in [-0.3, -0.25) is 14.9 Å². The van der Waals surface area contributed by atoms with Crippen LogP contribution in [0, 0.1) is 17.0 Å². The molecule has 6 nitrogen and oxygen atoms in total. The Morgan fingerprint density at radius 3 is 2.72 bits per heavy atom. The number of nitrogens with zero attached hydrogens (tertiary/aromatic N) is 1. The van der Waals surface area contributed by atoms with Crippen LogP contribution >= 0.6 is 11.3 Å². The highest BCUT2D eigenvalue weighted by Gasteiger charge is 2.28. The fourth-order valence-corrected chi connectivity index (χ4v) is 2.04. The summed E-state index contributed by atoms with van der Waals surface area (Å²) in [6.45, 7) is -0.294. The van der Waals surface area contributed by atoms with Crippen LogP contribution in [0.25, 0.3) is 0 Å². The van der Waals surface area contributed by atoms with Crippen LogP contribution in [0.15, 0.2) is 6.07 Å². The van der Waals surface area contributed by atoms with Crippen LogP contribution in [0.2, 0.25) is 0 Å². The molecule has 18 heavy (non-hydrogen) atoms. The summed E-state index contributed by atoms with van der Waals surface area (Å²) >= 11 is 0.879. The van der Waals surface area contributed by atoms with Crippen molar-refractivity contribution >= 4 is 22.9 Å². The number of nitrogens with two attached hydrogens (primary N) is 1. The van der Waals surface area contributed by atoms with E-state index in [9.17, 15) is 23.7 Å². The molecular weight excluding hydrogens is 268 g/mol. The predicted molar refractivity (Wildman–Crippen MR) is 62.0 cm³/mol. The molecule has 9 heteroatoms. The van der Waals surface area contributed by atoms with Gasteiger partial charge in [0.1, 0.15) is 0 Å². The Bertz CT molecular complexity index is 476. The molecule has 0 aliphatic carbocycles. The zero-order chi connectivity index (χ0) is 13.9. The monoisotopic (exact) mass is 279 g/mol. The number of halogens is 2. The number of nitro groups is 1. The SMILES string of the molecule is Cc1sc(C(=O)NCC(F)(F)CN)cc1[N+](=O)[O-]. The minimum Gasteiger partial charge on any atom is -0.345 e. The van der Waals surface area contributed by atoms with Gasteiger partial charge in [0.2, 0.25) is 0 Å². The molecule has 0 aliphatic rings. The molecule has 0 bridgehead atoms. The normalized spacial score (nSPS) is 11.3. The lowest BCUT2D eigenvalue weighted by Crippen LogP contribution is -2.41. The Morgan fingerprint density at radius 2 is 2.28 bits per heavy atom. The van der Waals surface area contributed by atoms with E-state index in [4.69, 9.17) is 5.73 Å². The summed E-state index contributed by atoms with van der Waals surface area (Å²) in [6.07, 6.45) is 0. The van der Waals surface area contributed by atoms with E-state index in [1.165, 1.54) is 6.92 Å². The first-order valence-corrected chi connectivity index (χ1v) is 5.69. The van der Waals surface area contributed by atoms with Gasteiger partial charge in [0.15, 0.2) is 0 Å². The molecule has 0 aliphatic heterocycles. The van der Waals surface area contributed by atoms with Crippen LogP contribution in [0.3, 0.4) is 0 Å². The first-order valence-electron chi connectivity index (χ1n) is 4.88. The molecule has 100 valence electrons. The van der Waals surface area contributed by atoms with Crippen molar-refractivity contribution in [2.24, 2.45) is 5.73 Å². The third kappa shape index (κ3) is 3.44. The summed E-state index contributed by atoms with van der Waals surface area (Å²) in [5.41, 5.74) is 4.61. The number of carbonyl (C=O) groups is 1. The fourth-order valence-electron chi connectivity index (χ4n) is 1.13. The summed E-state index contributed by atoms with van der Waals surface area (Å²) in [5.74, 6) is -3.96. The lowest BCUT2D eigenvalue weighted by molar-refractivity contribution is -0.385. The van der Waals surface area contributed by atoms with Crippen molar-refractivity contribution in [2.75, 3.05) is 13.1 Å². The van der Waals surface area contributed by atoms with Crippen molar-refractivity contribution < 1.29 is 18.5 Å². The third-order valence-electron chi connectivity index (χ3n) is 2.12. The van der Waals surface area contributed by atoms with Crippen molar-refractivity contribution in [1.82, 2.24) is 5.32 Å². The Labute approximate surface area is 105 Å². The zero-order valence-electron chi connectivity index (χ0n) is 9.41. The molecule has 0 saturated heterocycles. The number of alkyl halides is 2. The van der Waals surface area contributed by atoms with Crippen LogP contribution < -0.4 is 11.1 Å². The molecule has 1 aromatic heterocycles. The van der Waals surface area contributed by atoms with Crippen molar-refractivity contribution in [2.45, 2.75) is 12.8 Å². The molecule has 0 fully saturated rings. The smallest absolute Gasteiger partial charge is 0.283 e. The molecule has 0 unspecified atom stereocenters. The van der Waals surface area contributed by atoms with Crippen LogP contribution in [-0.2, 0) is 0 Å². The number of hydrogen-bond donors (Lipinski definition) is 2. The van der Waals surface area contributed by atoms with Gasteiger partial charge < -0.3 is 11.1 Å². The second-order valence-electron chi connectivity index (χ2n) is 3.55. The topological polar surface area (TPSA) is 98.3 Å². The summed E-state index contributed by atoms with van der Waals surface area (Å²) in [5, 5.41) is 12.6. The second kappa shape index (κ2) is 5.36. The standard InChI is InChI=1S/C9H11F2N3O3S/c1-5-6(14(16)17)2-7(18-5)8(15)13-4-9(10,11)3-12/h2H,3-4,12H2,1H3,(H,13,15). The van der Waals surface area contributed by atoms with E-state index in [0.29, 0.717) is 4.88 Å². The Hall–Kier alpha value is -1.61. The van der Waals surface area contributed by atoms with E-state index >= 15 is 0 Å². The molecule has 0 radical (unpaired) electrons. The van der Waals surface area contributed by atoms with Gasteiger partial charge in [-0.25, -0.2) is 8.78 Å². The van der Waals surface area contributed by atoms with Crippen molar-refractivity contribution in [1.29, 1.82) is 0 Å². The minimum atomic E-state index is -3.19. The highest BCUT2D eigenvalue weighted by atomic mass is 32.1. The molecule has 1 amide bonds. The quantitative estimate of drug-likeness (QED) is 0.626. The number of rotatable bonds is 5. The lowest BCUT2D eigenvalue weighted by Gasteiger charge is -2.13. The van der Waals surface area contributed by atoms with Crippen LogP contribution in [-0.4, -0.2) is 29.8 Å². The number of aryl methyl sites for hydroxylation is 1. The van der Waals surface area contributed by atoms with Crippen LogP contribution in [0.1, 0.15) is 14.5 Å². The van der Waals surface area contributed by atoms with Crippen LogP contribution in [0.5, 0.6) is 0 Å². The van der Waals surface area contributed by atoms with E-state index in [-0.39, 0.29) is 10.6 Å². The third-order valence-corrected chi connectivity index (χ3v) is 3.16. The van der Waals surface area contributed by atoms with Gasteiger partial charge in [-0.1, -0.05) is 0 Å². The molecule has 0 spiro atoms. The summed E-state index contributed by atoms with van der Waals surface area (Å²) in [4.78, 5) is 21.8. The Morgan fingerprint density at radius 1 is 1.67 bits per heavy atom. The summed E-state index contributed by atoms with van der Waals surface area (Å²) < 4.78 is 25.6. The maximum atomic E-state index is 12.8. The van der Waals surface area contributed by atoms with Gasteiger partial charge in [0, 0.05) is 6.07 Å². The van der Waals surface area contributed by atoms with E-state index in [1.54, 1.807) is 0 Å². The highest BCUT2D eigenvalue weighted by molar-refractivity contribution is 7.14. The maximum Gasteiger partial charge on any atom is 0.283 e. The molecule has 3 N–H and O–H groups in total. The molecule has 0 aromatic carbocycles. The van der Waals surface area contributed by atoms with Gasteiger partial charge in [-0.15, -0.1) is 11.3 Å². The minimum absolute atomic E-state index is 0.0204. The van der Waals surface area contributed by atoms with Crippen molar-refractivity contribution in [3.8, 4) is 0 Å². The molecular formula is C9H11F2N3O3S. The highest BCUT2D eigenvalue weighted by Crippen LogP contribution is 2.27. The van der Waals surface area contributed by atoms with Gasteiger partial charge in [-0.05, 0) is 6.92 Å². The average molecular weight is 279 g/mol. The van der Waals surface area contributed by atoms with Gasteiger partial charge in [0.25, 0.3) is 17.5 Å². The van der Waals surface area contributed by atoms with E-state index < -0.39 is 29.8 Å². The number of thiophene rings is 1. The van der Waals surface area contributed by atoms with E-state index in [0.717, 1.165) is 17.4 Å². The molecule has 0 atom stereocenters. The molecule has 1 aromatic rings. The predicted octanol–water partition coefficient (Wildman–Crippen LogP) is 1.29. The average Bonchev–Trinajstić information content (AvgIpc) is 2.68. The summed E-state index contributed by atoms with van der Waals surface area (Å²) in [6, 6.07) is 1.07. The molecule has 0 saturated carbocycles. The molecule has 1 rings (SSSR count). The lowest BCUT2D eigenvalue weighted by atomic mass is 10.3. The summed E-state index contributed by atoms with van der Waals surface area (Å²) in [7, 11) is 0. The second-order valence-corrected chi connectivity index (χ2v) is 4.81. The van der Waals surface area contributed by atoms with Gasteiger partial charge in [0.05, 0.1) is 27.8 Å². The Kier molecular flexibility index (Phi) is 4.30. The van der Waals surface area contributed by atoms with Gasteiger partial charge >= 0.3 is 0 Å². The largest absolute Gasteiger partial charge is 0.345 e. The first kappa shape index (κ1) is 14.5. The molecule has 1 heterocycles. The van der Waals surface area contributed by atoms with Crippen molar-refractivity contribution in [3.63, 3.8) is 0 Å². The number of amides is 1. The van der Waals surface area contributed by atoms with Crippen molar-refractivity contribution in [3.05, 3.63) is 25.9 Å².